The van der Waals surface area contributed by atoms with E-state index >= 15 is 0 Å². The summed E-state index contributed by atoms with van der Waals surface area (Å²) in [4.78, 5) is 37.1. The first-order chi connectivity index (χ1) is 18.1. The Kier molecular flexibility index (Phi) is 8.63. The van der Waals surface area contributed by atoms with Gasteiger partial charge >= 0.3 is 12.2 Å². The highest BCUT2D eigenvalue weighted by Gasteiger charge is 2.34. The van der Waals surface area contributed by atoms with Gasteiger partial charge in [-0.25, -0.2) is 10.2 Å². The second kappa shape index (κ2) is 11.9. The Hall–Kier alpha value is -4.94. The van der Waals surface area contributed by atoms with E-state index in [9.17, 15) is 27.6 Å². The third kappa shape index (κ3) is 6.63. The fourth-order valence-electron chi connectivity index (χ4n) is 3.31. The van der Waals surface area contributed by atoms with Crippen LogP contribution in [0.25, 0.3) is 0 Å². The van der Waals surface area contributed by atoms with E-state index in [-0.39, 0.29) is 34.1 Å². The number of halogens is 3. The van der Waals surface area contributed by atoms with Gasteiger partial charge in [0, 0.05) is 16.8 Å². The molecule has 0 saturated heterocycles. The molecule has 0 unspecified atom stereocenters. The average molecular weight is 532 g/mol. The Morgan fingerprint density at radius 3 is 1.89 bits per heavy atom. The quantitative estimate of drug-likeness (QED) is 0.333. The lowest BCUT2D eigenvalue weighted by molar-refractivity contribution is -0.136. The van der Waals surface area contributed by atoms with E-state index in [1.807, 2.05) is 10.7 Å². The van der Waals surface area contributed by atoms with Crippen LogP contribution in [0, 0.1) is 0 Å². The molecule has 0 aromatic heterocycles. The van der Waals surface area contributed by atoms with Gasteiger partial charge in [-0.05, 0) is 42.5 Å². The van der Waals surface area contributed by atoms with Crippen LogP contribution >= 0.6 is 0 Å². The van der Waals surface area contributed by atoms with Crippen LogP contribution in [0.15, 0.2) is 60.7 Å². The molecule has 3 rings (SSSR count). The number of benzene rings is 3. The van der Waals surface area contributed by atoms with E-state index < -0.39 is 35.3 Å². The molecule has 0 spiro atoms. The van der Waals surface area contributed by atoms with Crippen LogP contribution in [0.2, 0.25) is 0 Å². The standard InChI is InChI=1S/C25H23F3N4O6/c1-36-19-11-15(12-20(37-2)21(19)38-3)23(34)31-32-24(35)30-18-10-9-16(13-17(18)25(26,27)28)29-22(33)14-7-5-4-6-8-14/h4-13H,1-3H3,(H,29,33)(H,31,34)(H2,30,32,35). The molecule has 3 aromatic carbocycles. The van der Waals surface area contributed by atoms with Crippen molar-refractivity contribution in [2.75, 3.05) is 32.0 Å². The predicted octanol–water partition coefficient (Wildman–Crippen LogP) is 4.45. The molecule has 0 saturated carbocycles. The Bertz CT molecular complexity index is 1310. The molecule has 4 N–H and O–H groups in total. The van der Waals surface area contributed by atoms with Crippen molar-refractivity contribution >= 4 is 29.2 Å². The van der Waals surface area contributed by atoms with Gasteiger partial charge < -0.3 is 24.8 Å². The number of ether oxygens (including phenoxy) is 3. The molecule has 0 aliphatic carbocycles. The van der Waals surface area contributed by atoms with Crippen LogP contribution in [0.5, 0.6) is 17.2 Å². The third-order valence-electron chi connectivity index (χ3n) is 5.08. The molecule has 0 atom stereocenters. The Morgan fingerprint density at radius 2 is 1.34 bits per heavy atom. The number of alkyl halides is 3. The molecular weight excluding hydrogens is 509 g/mol. The number of methoxy groups -OCH3 is 3. The largest absolute Gasteiger partial charge is 0.493 e. The van der Waals surface area contributed by atoms with Crippen molar-refractivity contribution in [3.8, 4) is 17.2 Å². The summed E-state index contributed by atoms with van der Waals surface area (Å²) in [6.45, 7) is 0. The fourth-order valence-corrected chi connectivity index (χ4v) is 3.31. The summed E-state index contributed by atoms with van der Waals surface area (Å²) >= 11 is 0. The highest BCUT2D eigenvalue weighted by Crippen LogP contribution is 2.38. The summed E-state index contributed by atoms with van der Waals surface area (Å²) < 4.78 is 56.6. The monoisotopic (exact) mass is 532 g/mol. The van der Waals surface area contributed by atoms with Gasteiger partial charge in [0.15, 0.2) is 11.5 Å². The molecule has 0 aliphatic rings. The molecule has 0 bridgehead atoms. The molecule has 38 heavy (non-hydrogen) atoms. The second-order valence-electron chi connectivity index (χ2n) is 7.53. The maximum absolute atomic E-state index is 13.7. The predicted molar refractivity (Wildman–Crippen MR) is 132 cm³/mol. The molecule has 0 heterocycles. The molecule has 0 aliphatic heterocycles. The Labute approximate surface area is 215 Å². The van der Waals surface area contributed by atoms with Crippen molar-refractivity contribution in [2.24, 2.45) is 0 Å². The molecule has 200 valence electrons. The van der Waals surface area contributed by atoms with Crippen LogP contribution in [0.3, 0.4) is 0 Å². The topological polar surface area (TPSA) is 127 Å². The number of hydrogen-bond acceptors (Lipinski definition) is 6. The van der Waals surface area contributed by atoms with E-state index in [4.69, 9.17) is 14.2 Å². The average Bonchev–Trinajstić information content (AvgIpc) is 2.91. The molecule has 3 aromatic rings. The van der Waals surface area contributed by atoms with Crippen molar-refractivity contribution in [2.45, 2.75) is 6.18 Å². The number of hydrogen-bond donors (Lipinski definition) is 4. The third-order valence-corrected chi connectivity index (χ3v) is 5.08. The minimum atomic E-state index is -4.87. The zero-order chi connectivity index (χ0) is 27.9. The number of nitrogens with one attached hydrogen (secondary N) is 4. The van der Waals surface area contributed by atoms with Crippen molar-refractivity contribution < 1.29 is 41.8 Å². The zero-order valence-corrected chi connectivity index (χ0v) is 20.4. The zero-order valence-electron chi connectivity index (χ0n) is 20.4. The summed E-state index contributed by atoms with van der Waals surface area (Å²) in [5.74, 6) is -0.826. The minimum Gasteiger partial charge on any atom is -0.493 e. The van der Waals surface area contributed by atoms with Gasteiger partial charge in [-0.15, -0.1) is 0 Å². The van der Waals surface area contributed by atoms with Gasteiger partial charge in [0.2, 0.25) is 5.75 Å². The first kappa shape index (κ1) is 27.6. The number of carbonyl (C=O) groups excluding carboxylic acids is 3. The maximum Gasteiger partial charge on any atom is 0.418 e. The molecule has 0 radical (unpaired) electrons. The SMILES string of the molecule is COc1cc(C(=O)NNC(=O)Nc2ccc(NC(=O)c3ccccc3)cc2C(F)(F)F)cc(OC)c1OC. The molecule has 10 nitrogen and oxygen atoms in total. The van der Waals surface area contributed by atoms with Gasteiger partial charge in [-0.2, -0.15) is 13.2 Å². The van der Waals surface area contributed by atoms with Crippen LogP contribution in [0.1, 0.15) is 26.3 Å². The summed E-state index contributed by atoms with van der Waals surface area (Å²) in [7, 11) is 4.08. The minimum absolute atomic E-state index is 0.00860. The number of urea groups is 1. The van der Waals surface area contributed by atoms with Gasteiger partial charge in [0.1, 0.15) is 0 Å². The summed E-state index contributed by atoms with van der Waals surface area (Å²) in [5, 5.41) is 4.42. The normalized spacial score (nSPS) is 10.7. The highest BCUT2D eigenvalue weighted by molar-refractivity contribution is 6.04. The van der Waals surface area contributed by atoms with Gasteiger partial charge in [0.25, 0.3) is 11.8 Å². The Balaban J connectivity index is 1.71. The number of anilines is 2. The number of amides is 4. The van der Waals surface area contributed by atoms with Crippen LogP contribution in [-0.2, 0) is 6.18 Å². The van der Waals surface area contributed by atoms with E-state index in [0.717, 1.165) is 6.07 Å². The molecular formula is C25H23F3N4O6. The number of hydrazine groups is 1. The van der Waals surface area contributed by atoms with E-state index in [0.29, 0.717) is 6.07 Å². The first-order valence-electron chi connectivity index (χ1n) is 10.8. The highest BCUT2D eigenvalue weighted by atomic mass is 19.4. The van der Waals surface area contributed by atoms with Crippen molar-refractivity contribution in [3.05, 3.63) is 77.4 Å². The van der Waals surface area contributed by atoms with Crippen LogP contribution in [0.4, 0.5) is 29.3 Å². The van der Waals surface area contributed by atoms with Gasteiger partial charge in [-0.1, -0.05) is 18.2 Å². The lowest BCUT2D eigenvalue weighted by Crippen LogP contribution is -2.44. The van der Waals surface area contributed by atoms with Crippen LogP contribution < -0.4 is 35.7 Å². The first-order valence-corrected chi connectivity index (χ1v) is 10.8. The van der Waals surface area contributed by atoms with E-state index in [1.54, 1.807) is 18.2 Å². The maximum atomic E-state index is 13.7. The lowest BCUT2D eigenvalue weighted by atomic mass is 10.1. The molecule has 4 amide bonds. The van der Waals surface area contributed by atoms with E-state index in [2.05, 4.69) is 10.7 Å². The summed E-state index contributed by atoms with van der Waals surface area (Å²) in [6, 6.07) is 12.3. The molecule has 13 heteroatoms. The van der Waals surface area contributed by atoms with Crippen molar-refractivity contribution in [1.82, 2.24) is 10.9 Å². The molecule has 0 fully saturated rings. The lowest BCUT2D eigenvalue weighted by Gasteiger charge is -2.17. The van der Waals surface area contributed by atoms with E-state index in [1.165, 1.54) is 51.7 Å². The van der Waals surface area contributed by atoms with Gasteiger partial charge in [0.05, 0.1) is 32.6 Å². The summed E-state index contributed by atoms with van der Waals surface area (Å²) in [5.41, 5.74) is 2.38. The van der Waals surface area contributed by atoms with Crippen molar-refractivity contribution in [1.29, 1.82) is 0 Å². The Morgan fingerprint density at radius 1 is 0.711 bits per heavy atom. The second-order valence-corrected chi connectivity index (χ2v) is 7.53. The number of carbonyl (C=O) groups is 3. The van der Waals surface area contributed by atoms with Gasteiger partial charge in [-0.3, -0.25) is 15.0 Å². The fraction of sp³-hybridized carbons (Fsp3) is 0.160. The smallest absolute Gasteiger partial charge is 0.418 e. The van der Waals surface area contributed by atoms with Crippen LogP contribution in [-0.4, -0.2) is 39.2 Å². The summed E-state index contributed by atoms with van der Waals surface area (Å²) in [6.07, 6.45) is -4.87. The van der Waals surface area contributed by atoms with Crippen molar-refractivity contribution in [3.63, 3.8) is 0 Å². The number of rotatable bonds is 7.